The van der Waals surface area contributed by atoms with Crippen molar-refractivity contribution in [3.63, 3.8) is 0 Å². The van der Waals surface area contributed by atoms with Crippen molar-refractivity contribution in [1.82, 2.24) is 14.9 Å². The topological polar surface area (TPSA) is 78.5 Å². The summed E-state index contributed by atoms with van der Waals surface area (Å²) in [6.45, 7) is 4.86. The zero-order chi connectivity index (χ0) is 23.0. The van der Waals surface area contributed by atoms with Crippen LogP contribution in [0.4, 0.5) is 0 Å². The number of nitrogens with one attached hydrogen (secondary N) is 2. The Morgan fingerprint density at radius 2 is 1.75 bits per heavy atom. The second-order valence-corrected chi connectivity index (χ2v) is 11.0. The summed E-state index contributed by atoms with van der Waals surface area (Å²) in [6.07, 6.45) is 4.12. The number of amides is 1. The van der Waals surface area contributed by atoms with Gasteiger partial charge in [0.05, 0.1) is 4.90 Å². The van der Waals surface area contributed by atoms with Crippen LogP contribution in [0.2, 0.25) is 0 Å². The number of nitrogens with zero attached hydrogens (tertiary/aromatic N) is 1. The second-order valence-electron chi connectivity index (χ2n) is 8.25. The highest BCUT2D eigenvalue weighted by atomic mass is 32.2. The van der Waals surface area contributed by atoms with E-state index in [0.29, 0.717) is 12.2 Å². The molecule has 1 unspecified atom stereocenters. The number of sulfonamides is 1. The number of carbonyl (C=O) groups excluding carboxylic acids is 1. The molecule has 1 fully saturated rings. The van der Waals surface area contributed by atoms with Gasteiger partial charge in [-0.15, -0.1) is 0 Å². The molecule has 0 radical (unpaired) electrons. The van der Waals surface area contributed by atoms with Crippen molar-refractivity contribution in [2.24, 2.45) is 0 Å². The van der Waals surface area contributed by atoms with Crippen LogP contribution in [0.3, 0.4) is 0 Å². The summed E-state index contributed by atoms with van der Waals surface area (Å²) in [7, 11) is -3.75. The SMILES string of the molecule is CSCCC(NS(=O)(=O)c1ccccc1)C(=O)NC1CCN(Cc2ccccc2C)CC1. The second kappa shape index (κ2) is 11.8. The van der Waals surface area contributed by atoms with Crippen molar-refractivity contribution >= 4 is 27.7 Å². The van der Waals surface area contributed by atoms with Gasteiger partial charge in [0.1, 0.15) is 6.04 Å². The van der Waals surface area contributed by atoms with E-state index in [-0.39, 0.29) is 16.8 Å². The Balaban J connectivity index is 1.55. The molecule has 1 saturated heterocycles. The van der Waals surface area contributed by atoms with E-state index in [4.69, 9.17) is 0 Å². The lowest BCUT2D eigenvalue weighted by molar-refractivity contribution is -0.123. The number of hydrogen-bond acceptors (Lipinski definition) is 5. The summed E-state index contributed by atoms with van der Waals surface area (Å²) in [5.41, 5.74) is 2.63. The number of benzene rings is 2. The zero-order valence-electron chi connectivity index (χ0n) is 18.8. The number of hydrogen-bond donors (Lipinski definition) is 2. The molecule has 0 aliphatic carbocycles. The van der Waals surface area contributed by atoms with Crippen molar-refractivity contribution in [2.45, 2.75) is 49.7 Å². The van der Waals surface area contributed by atoms with Crippen LogP contribution < -0.4 is 10.0 Å². The van der Waals surface area contributed by atoms with Gasteiger partial charge in [0, 0.05) is 25.7 Å². The van der Waals surface area contributed by atoms with E-state index in [0.717, 1.165) is 32.5 Å². The van der Waals surface area contributed by atoms with Gasteiger partial charge < -0.3 is 5.32 Å². The average molecular weight is 476 g/mol. The minimum absolute atomic E-state index is 0.0635. The van der Waals surface area contributed by atoms with E-state index in [9.17, 15) is 13.2 Å². The van der Waals surface area contributed by atoms with Crippen LogP contribution in [-0.4, -0.2) is 56.4 Å². The Hall–Kier alpha value is -1.87. The first kappa shape index (κ1) is 24.8. The van der Waals surface area contributed by atoms with Crippen LogP contribution in [0.5, 0.6) is 0 Å². The molecule has 32 heavy (non-hydrogen) atoms. The summed E-state index contributed by atoms with van der Waals surface area (Å²) in [4.78, 5) is 15.6. The quantitative estimate of drug-likeness (QED) is 0.552. The molecule has 2 aromatic carbocycles. The molecule has 1 heterocycles. The molecule has 2 N–H and O–H groups in total. The monoisotopic (exact) mass is 475 g/mol. The average Bonchev–Trinajstić information content (AvgIpc) is 2.80. The molecule has 2 aromatic rings. The maximum absolute atomic E-state index is 13.0. The Morgan fingerprint density at radius 1 is 1.09 bits per heavy atom. The predicted molar refractivity (Wildman–Crippen MR) is 131 cm³/mol. The van der Waals surface area contributed by atoms with Crippen molar-refractivity contribution in [3.05, 3.63) is 65.7 Å². The molecule has 6 nitrogen and oxygen atoms in total. The van der Waals surface area contributed by atoms with Crippen molar-refractivity contribution in [3.8, 4) is 0 Å². The third-order valence-electron chi connectivity index (χ3n) is 5.87. The molecule has 0 aromatic heterocycles. The number of thioether (sulfide) groups is 1. The van der Waals surface area contributed by atoms with Gasteiger partial charge in [-0.1, -0.05) is 42.5 Å². The van der Waals surface area contributed by atoms with Crippen molar-refractivity contribution in [2.75, 3.05) is 25.1 Å². The van der Waals surface area contributed by atoms with Crippen LogP contribution in [0, 0.1) is 6.92 Å². The van der Waals surface area contributed by atoms with Crippen LogP contribution in [-0.2, 0) is 21.4 Å². The molecule has 0 bridgehead atoms. The molecule has 3 rings (SSSR count). The first-order valence-electron chi connectivity index (χ1n) is 11.0. The lowest BCUT2D eigenvalue weighted by Crippen LogP contribution is -2.52. The smallest absolute Gasteiger partial charge is 0.241 e. The highest BCUT2D eigenvalue weighted by Gasteiger charge is 2.28. The fraction of sp³-hybridized carbons (Fsp3) is 0.458. The first-order chi connectivity index (χ1) is 15.4. The van der Waals surface area contributed by atoms with Gasteiger partial charge in [0.2, 0.25) is 15.9 Å². The molecule has 1 atom stereocenters. The lowest BCUT2D eigenvalue weighted by Gasteiger charge is -2.33. The van der Waals surface area contributed by atoms with Crippen LogP contribution >= 0.6 is 11.8 Å². The standard InChI is InChI=1S/C24H33N3O3S2/c1-19-8-6-7-9-20(19)18-27-15-12-21(13-16-27)25-24(28)23(14-17-31-2)26-32(29,30)22-10-4-3-5-11-22/h3-11,21,23,26H,12-18H2,1-2H3,(H,25,28). The fourth-order valence-corrected chi connectivity index (χ4v) is 5.62. The summed E-state index contributed by atoms with van der Waals surface area (Å²) in [6, 6.07) is 15.9. The molecular weight excluding hydrogens is 442 g/mol. The molecule has 1 amide bonds. The minimum Gasteiger partial charge on any atom is -0.352 e. The van der Waals surface area contributed by atoms with Gasteiger partial charge in [-0.3, -0.25) is 9.69 Å². The van der Waals surface area contributed by atoms with Crippen LogP contribution in [0.1, 0.15) is 30.4 Å². The van der Waals surface area contributed by atoms with Gasteiger partial charge in [0.25, 0.3) is 0 Å². The summed E-state index contributed by atoms with van der Waals surface area (Å²) < 4.78 is 28.1. The predicted octanol–water partition coefficient (Wildman–Crippen LogP) is 3.18. The molecule has 1 aliphatic heterocycles. The normalized spacial score (nSPS) is 16.6. The molecule has 174 valence electrons. The molecular formula is C24H33N3O3S2. The Bertz CT molecular complexity index is 975. The third-order valence-corrected chi connectivity index (χ3v) is 8.00. The Kier molecular flexibility index (Phi) is 9.16. The molecule has 8 heteroatoms. The summed E-state index contributed by atoms with van der Waals surface area (Å²) in [5.74, 6) is 0.459. The van der Waals surface area contributed by atoms with Gasteiger partial charge >= 0.3 is 0 Å². The number of carbonyl (C=O) groups is 1. The largest absolute Gasteiger partial charge is 0.352 e. The van der Waals surface area contributed by atoms with E-state index in [1.807, 2.05) is 6.26 Å². The molecule has 1 aliphatic rings. The third kappa shape index (κ3) is 7.07. The van der Waals surface area contributed by atoms with E-state index in [2.05, 4.69) is 46.1 Å². The van der Waals surface area contributed by atoms with Gasteiger partial charge in [-0.05, 0) is 61.5 Å². The number of likely N-dealkylation sites (tertiary alicyclic amines) is 1. The lowest BCUT2D eigenvalue weighted by atomic mass is 10.0. The molecule has 0 spiro atoms. The van der Waals surface area contributed by atoms with Crippen LogP contribution in [0.25, 0.3) is 0 Å². The highest BCUT2D eigenvalue weighted by molar-refractivity contribution is 7.98. The molecule has 0 saturated carbocycles. The van der Waals surface area contributed by atoms with Gasteiger partial charge in [-0.25, -0.2) is 8.42 Å². The number of rotatable bonds is 10. The summed E-state index contributed by atoms with van der Waals surface area (Å²) in [5, 5.41) is 3.10. The Labute approximate surface area is 196 Å². The minimum atomic E-state index is -3.75. The van der Waals surface area contributed by atoms with Crippen molar-refractivity contribution < 1.29 is 13.2 Å². The maximum Gasteiger partial charge on any atom is 0.241 e. The number of aryl methyl sites for hydroxylation is 1. The zero-order valence-corrected chi connectivity index (χ0v) is 20.4. The summed E-state index contributed by atoms with van der Waals surface area (Å²) >= 11 is 1.60. The van der Waals surface area contributed by atoms with E-state index in [1.165, 1.54) is 23.3 Å². The van der Waals surface area contributed by atoms with E-state index >= 15 is 0 Å². The first-order valence-corrected chi connectivity index (χ1v) is 13.9. The van der Waals surface area contributed by atoms with Crippen LogP contribution in [0.15, 0.2) is 59.5 Å². The fourth-order valence-electron chi connectivity index (χ4n) is 3.90. The maximum atomic E-state index is 13.0. The van der Waals surface area contributed by atoms with Gasteiger partial charge in [-0.2, -0.15) is 16.5 Å². The van der Waals surface area contributed by atoms with E-state index in [1.54, 1.807) is 30.0 Å². The van der Waals surface area contributed by atoms with Gasteiger partial charge in [0.15, 0.2) is 0 Å². The van der Waals surface area contributed by atoms with E-state index < -0.39 is 16.1 Å². The Morgan fingerprint density at radius 3 is 2.41 bits per heavy atom. The highest BCUT2D eigenvalue weighted by Crippen LogP contribution is 2.17. The van der Waals surface area contributed by atoms with Crippen molar-refractivity contribution in [1.29, 1.82) is 0 Å². The number of piperidine rings is 1.